The number of fused-ring (bicyclic) bond motifs is 1. The first-order valence-electron chi connectivity index (χ1n) is 8.92. The first-order valence-corrected chi connectivity index (χ1v) is 8.92. The topological polar surface area (TPSA) is 147 Å². The second kappa shape index (κ2) is 9.03. The highest BCUT2D eigenvalue weighted by Gasteiger charge is 2.13. The fourth-order valence-corrected chi connectivity index (χ4v) is 2.80. The summed E-state index contributed by atoms with van der Waals surface area (Å²) in [7, 11) is 4.33. The molecule has 0 aliphatic rings. The minimum Gasteiger partial charge on any atom is -0.493 e. The molecule has 0 aliphatic carbocycles. The molecule has 162 valence electrons. The maximum Gasteiger partial charge on any atom is 0.349 e. The molecule has 0 fully saturated rings. The Morgan fingerprint density at radius 2 is 1.71 bits per heavy atom. The average Bonchev–Trinajstić information content (AvgIpc) is 2.76. The van der Waals surface area contributed by atoms with Gasteiger partial charge in [0.05, 0.1) is 38.4 Å². The van der Waals surface area contributed by atoms with Gasteiger partial charge in [0.2, 0.25) is 0 Å². The highest BCUT2D eigenvalue weighted by Crippen LogP contribution is 2.29. The van der Waals surface area contributed by atoms with Crippen molar-refractivity contribution in [2.75, 3.05) is 27.9 Å². The number of primary amides is 1. The molecule has 0 saturated heterocycles. The Kier molecular flexibility index (Phi) is 6.24. The lowest BCUT2D eigenvalue weighted by Crippen LogP contribution is -2.32. The van der Waals surface area contributed by atoms with Gasteiger partial charge in [-0.1, -0.05) is 0 Å². The molecule has 0 spiro atoms. The third-order valence-corrected chi connectivity index (χ3v) is 4.26. The standard InChI is InChI=1S/C20H20N4O7/c1-28-14-5-4-11(6-17(14)31-10-18(21)25)9-22-24-19(26)12-7-15(29-2)16(30-3)8-13(12)23-20(24)27/h4-9H,10H2,1-3H3,(H2,21,25)(H,23,27)/b22-9+. The number of benzene rings is 2. The molecule has 11 heteroatoms. The fourth-order valence-electron chi connectivity index (χ4n) is 2.80. The van der Waals surface area contributed by atoms with Crippen LogP contribution in [0.15, 0.2) is 45.0 Å². The first-order chi connectivity index (χ1) is 14.9. The lowest BCUT2D eigenvalue weighted by Gasteiger charge is -2.10. The summed E-state index contributed by atoms with van der Waals surface area (Å²) in [4.78, 5) is 38.8. The second-order valence-electron chi connectivity index (χ2n) is 6.21. The van der Waals surface area contributed by atoms with E-state index in [2.05, 4.69) is 10.1 Å². The van der Waals surface area contributed by atoms with Crippen molar-refractivity contribution in [3.05, 3.63) is 56.7 Å². The Bertz CT molecular complexity index is 1280. The molecule has 11 nitrogen and oxygen atoms in total. The summed E-state index contributed by atoms with van der Waals surface area (Å²) in [6, 6.07) is 7.70. The summed E-state index contributed by atoms with van der Waals surface area (Å²) in [5, 5.41) is 4.18. The minimum atomic E-state index is -0.736. The van der Waals surface area contributed by atoms with E-state index in [1.54, 1.807) is 12.1 Å². The van der Waals surface area contributed by atoms with Crippen molar-refractivity contribution in [1.29, 1.82) is 0 Å². The van der Waals surface area contributed by atoms with E-state index in [0.29, 0.717) is 27.5 Å². The number of hydrogen-bond donors (Lipinski definition) is 2. The summed E-state index contributed by atoms with van der Waals surface area (Å²) in [5.74, 6) is 0.679. The summed E-state index contributed by atoms with van der Waals surface area (Å²) in [6.07, 6.45) is 1.29. The van der Waals surface area contributed by atoms with E-state index in [9.17, 15) is 14.4 Å². The van der Waals surface area contributed by atoms with Crippen molar-refractivity contribution in [3.8, 4) is 23.0 Å². The minimum absolute atomic E-state index is 0.189. The molecular formula is C20H20N4O7. The lowest BCUT2D eigenvalue weighted by molar-refractivity contribution is -0.119. The van der Waals surface area contributed by atoms with Gasteiger partial charge in [0.25, 0.3) is 11.5 Å². The predicted octanol–water partition coefficient (Wildman–Crippen LogP) is 0.462. The quantitative estimate of drug-likeness (QED) is 0.495. The number of nitrogens with zero attached hydrogens (tertiary/aromatic N) is 2. The normalized spacial score (nSPS) is 10.9. The molecule has 3 aromatic rings. The van der Waals surface area contributed by atoms with Crippen LogP contribution < -0.4 is 35.9 Å². The Morgan fingerprint density at radius 1 is 1.03 bits per heavy atom. The smallest absolute Gasteiger partial charge is 0.349 e. The molecule has 31 heavy (non-hydrogen) atoms. The molecule has 1 heterocycles. The number of aromatic amines is 1. The van der Waals surface area contributed by atoms with Crippen LogP contribution in [-0.2, 0) is 4.79 Å². The summed E-state index contributed by atoms with van der Waals surface area (Å²) in [6.45, 7) is -0.341. The van der Waals surface area contributed by atoms with Crippen LogP contribution in [-0.4, -0.2) is 49.7 Å². The van der Waals surface area contributed by atoms with Gasteiger partial charge in [0.1, 0.15) is 0 Å². The number of aromatic nitrogens is 2. The number of nitrogens with one attached hydrogen (secondary N) is 1. The van der Waals surface area contributed by atoms with Crippen molar-refractivity contribution in [1.82, 2.24) is 9.66 Å². The SMILES string of the molecule is COc1cc2[nH]c(=O)n(/N=C/c3ccc(OC)c(OCC(N)=O)c3)c(=O)c2cc1OC. The zero-order valence-corrected chi connectivity index (χ0v) is 17.0. The van der Waals surface area contributed by atoms with E-state index in [-0.39, 0.29) is 23.3 Å². The maximum atomic E-state index is 12.8. The molecular weight excluding hydrogens is 408 g/mol. The van der Waals surface area contributed by atoms with Crippen LogP contribution in [0.1, 0.15) is 5.56 Å². The van der Waals surface area contributed by atoms with Gasteiger partial charge < -0.3 is 29.7 Å². The third-order valence-electron chi connectivity index (χ3n) is 4.26. The molecule has 3 rings (SSSR count). The van der Waals surface area contributed by atoms with Crippen molar-refractivity contribution in [2.24, 2.45) is 10.8 Å². The molecule has 0 radical (unpaired) electrons. The molecule has 0 bridgehead atoms. The van der Waals surface area contributed by atoms with Crippen LogP contribution in [0.25, 0.3) is 10.9 Å². The number of nitrogens with two attached hydrogens (primary N) is 1. The Morgan fingerprint density at radius 3 is 2.35 bits per heavy atom. The number of rotatable bonds is 8. The van der Waals surface area contributed by atoms with Crippen molar-refractivity contribution in [2.45, 2.75) is 0 Å². The predicted molar refractivity (Wildman–Crippen MR) is 113 cm³/mol. The number of hydrogen-bond acceptors (Lipinski definition) is 8. The Labute approximate surface area is 175 Å². The van der Waals surface area contributed by atoms with Gasteiger partial charge in [-0.25, -0.2) is 4.79 Å². The average molecular weight is 428 g/mol. The van der Waals surface area contributed by atoms with Crippen molar-refractivity contribution in [3.63, 3.8) is 0 Å². The van der Waals surface area contributed by atoms with Crippen LogP contribution in [0.3, 0.4) is 0 Å². The molecule has 1 amide bonds. The van der Waals surface area contributed by atoms with Crippen molar-refractivity contribution < 1.29 is 23.7 Å². The largest absolute Gasteiger partial charge is 0.493 e. The number of carbonyl (C=O) groups excluding carboxylic acids is 1. The highest BCUT2D eigenvalue weighted by atomic mass is 16.5. The molecule has 0 saturated carbocycles. The second-order valence-corrected chi connectivity index (χ2v) is 6.21. The molecule has 0 aliphatic heterocycles. The van der Waals surface area contributed by atoms with E-state index in [1.807, 2.05) is 0 Å². The van der Waals surface area contributed by atoms with Crippen LogP contribution in [0.4, 0.5) is 0 Å². The van der Waals surface area contributed by atoms with Gasteiger partial charge in [0, 0.05) is 6.07 Å². The van der Waals surface area contributed by atoms with Crippen molar-refractivity contribution >= 4 is 23.0 Å². The fraction of sp³-hybridized carbons (Fsp3) is 0.200. The number of amides is 1. The monoisotopic (exact) mass is 428 g/mol. The van der Waals surface area contributed by atoms with Crippen LogP contribution in [0.5, 0.6) is 23.0 Å². The van der Waals surface area contributed by atoms with E-state index < -0.39 is 17.2 Å². The van der Waals surface area contributed by atoms with Gasteiger partial charge in [-0.05, 0) is 29.8 Å². The van der Waals surface area contributed by atoms with E-state index in [4.69, 9.17) is 24.7 Å². The highest BCUT2D eigenvalue weighted by molar-refractivity contribution is 5.83. The van der Waals surface area contributed by atoms with Gasteiger partial charge >= 0.3 is 5.69 Å². The van der Waals surface area contributed by atoms with Gasteiger partial charge in [-0.15, -0.1) is 4.68 Å². The summed E-state index contributed by atoms with van der Waals surface area (Å²) < 4.78 is 21.6. The van der Waals surface area contributed by atoms with Gasteiger partial charge in [0.15, 0.2) is 29.6 Å². The van der Waals surface area contributed by atoms with Crippen LogP contribution in [0.2, 0.25) is 0 Å². The number of H-pyrrole nitrogens is 1. The zero-order chi connectivity index (χ0) is 22.5. The molecule has 2 aromatic carbocycles. The van der Waals surface area contributed by atoms with E-state index in [0.717, 1.165) is 0 Å². The Hall–Kier alpha value is -4.28. The van der Waals surface area contributed by atoms with E-state index >= 15 is 0 Å². The number of ether oxygens (including phenoxy) is 4. The lowest BCUT2D eigenvalue weighted by atomic mass is 10.2. The summed E-state index contributed by atoms with van der Waals surface area (Å²) in [5.41, 5.74) is 4.49. The molecule has 1 aromatic heterocycles. The third kappa shape index (κ3) is 4.50. The zero-order valence-electron chi connectivity index (χ0n) is 17.0. The van der Waals surface area contributed by atoms with Crippen LogP contribution in [0, 0.1) is 0 Å². The Balaban J connectivity index is 2.03. The first kappa shape index (κ1) is 21.4. The number of methoxy groups -OCH3 is 3. The van der Waals surface area contributed by atoms with Crippen LogP contribution >= 0.6 is 0 Å². The van der Waals surface area contributed by atoms with Gasteiger partial charge in [-0.3, -0.25) is 9.59 Å². The molecule has 3 N–H and O–H groups in total. The summed E-state index contributed by atoms with van der Waals surface area (Å²) >= 11 is 0. The molecule has 0 unspecified atom stereocenters. The maximum absolute atomic E-state index is 12.8. The number of carbonyl (C=O) groups is 1. The van der Waals surface area contributed by atoms with Gasteiger partial charge in [-0.2, -0.15) is 5.10 Å². The molecule has 0 atom stereocenters. The van der Waals surface area contributed by atoms with E-state index in [1.165, 1.54) is 45.7 Å².